The van der Waals surface area contributed by atoms with Crippen molar-refractivity contribution in [2.45, 2.75) is 12.5 Å². The van der Waals surface area contributed by atoms with Crippen LogP contribution < -0.4 is 4.74 Å². The summed E-state index contributed by atoms with van der Waals surface area (Å²) in [7, 11) is 0. The molecule has 1 atom stereocenters. The standard InChI is InChI=1S/C24H17ClFN3O3S.H2/c25-15-3-10-21-20(13-15)19-11-12-28(24(33)32-18-8-4-16(26)5-9-18)23(22(19)27-21)14-1-6-17(7-2-14)29(30)31;/h1-10,13,23,27H,11-12H2;1H. The fraction of sp³-hybridized carbons (Fsp3) is 0.125. The molecule has 0 spiro atoms. The van der Waals surface area contributed by atoms with Gasteiger partial charge in [0, 0.05) is 41.7 Å². The number of nitro benzene ring substituents is 1. The largest absolute Gasteiger partial charge is 0.432 e. The fourth-order valence-corrected chi connectivity index (χ4v) is 4.71. The number of halogens is 2. The molecule has 1 aliphatic heterocycles. The Hall–Kier alpha value is -3.49. The molecule has 0 aliphatic carbocycles. The zero-order valence-corrected chi connectivity index (χ0v) is 18.7. The number of hydrogen-bond acceptors (Lipinski definition) is 4. The molecule has 3 aromatic carbocycles. The van der Waals surface area contributed by atoms with E-state index in [-0.39, 0.29) is 24.1 Å². The summed E-state index contributed by atoms with van der Waals surface area (Å²) in [6.07, 6.45) is 0.700. The van der Waals surface area contributed by atoms with Crippen LogP contribution >= 0.6 is 23.8 Å². The Morgan fingerprint density at radius 3 is 2.61 bits per heavy atom. The van der Waals surface area contributed by atoms with Gasteiger partial charge in [-0.1, -0.05) is 11.6 Å². The smallest absolute Gasteiger partial charge is 0.269 e. The van der Waals surface area contributed by atoms with Crippen LogP contribution in [-0.4, -0.2) is 26.5 Å². The van der Waals surface area contributed by atoms with Gasteiger partial charge in [-0.2, -0.15) is 0 Å². The number of thiocarbonyl (C=S) groups is 1. The second kappa shape index (κ2) is 8.46. The first-order valence-electron chi connectivity index (χ1n) is 10.2. The Morgan fingerprint density at radius 2 is 1.91 bits per heavy atom. The van der Waals surface area contributed by atoms with E-state index in [1.807, 2.05) is 23.1 Å². The van der Waals surface area contributed by atoms with E-state index in [0.717, 1.165) is 27.7 Å². The zero-order valence-electron chi connectivity index (χ0n) is 17.1. The van der Waals surface area contributed by atoms with E-state index >= 15 is 0 Å². The number of aromatic amines is 1. The highest BCUT2D eigenvalue weighted by Crippen LogP contribution is 2.40. The molecule has 5 rings (SSSR count). The van der Waals surface area contributed by atoms with Crippen LogP contribution in [0.2, 0.25) is 5.02 Å². The van der Waals surface area contributed by atoms with Gasteiger partial charge in [0.25, 0.3) is 10.9 Å². The maximum atomic E-state index is 13.3. The van der Waals surface area contributed by atoms with Crippen LogP contribution in [0.5, 0.6) is 5.75 Å². The van der Waals surface area contributed by atoms with Crippen LogP contribution in [-0.2, 0) is 6.42 Å². The molecule has 1 aromatic heterocycles. The first kappa shape index (κ1) is 21.4. The summed E-state index contributed by atoms with van der Waals surface area (Å²) in [5.41, 5.74) is 3.83. The number of rotatable bonds is 3. The lowest BCUT2D eigenvalue weighted by molar-refractivity contribution is -0.384. The summed E-state index contributed by atoms with van der Waals surface area (Å²) in [5.74, 6) is 0.0643. The lowest BCUT2D eigenvalue weighted by Gasteiger charge is -2.37. The van der Waals surface area contributed by atoms with E-state index in [1.54, 1.807) is 12.1 Å². The molecule has 4 aromatic rings. The van der Waals surface area contributed by atoms with Crippen molar-refractivity contribution in [3.05, 3.63) is 105 Å². The number of nitrogens with zero attached hydrogens (tertiary/aromatic N) is 2. The van der Waals surface area contributed by atoms with Gasteiger partial charge in [-0.15, -0.1) is 0 Å². The van der Waals surface area contributed by atoms with Crippen LogP contribution in [0.4, 0.5) is 10.1 Å². The SMILES string of the molecule is O=[N+]([O-])c1ccc(C2c3[nH]c4ccc(Cl)cc4c3CCN2C(=S)Oc2ccc(F)cc2)cc1.[HH]. The molecule has 1 unspecified atom stereocenters. The Bertz CT molecular complexity index is 1380. The van der Waals surface area contributed by atoms with Crippen LogP contribution in [0.15, 0.2) is 66.7 Å². The summed E-state index contributed by atoms with van der Waals surface area (Å²) >= 11 is 11.9. The summed E-state index contributed by atoms with van der Waals surface area (Å²) in [5, 5.41) is 13.1. The minimum Gasteiger partial charge on any atom is -0.432 e. The minimum atomic E-state index is -0.429. The van der Waals surface area contributed by atoms with Crippen LogP contribution in [0.1, 0.15) is 24.3 Å². The number of hydrogen-bond donors (Lipinski definition) is 1. The third-order valence-corrected chi connectivity index (χ3v) is 6.31. The molecule has 2 heterocycles. The summed E-state index contributed by atoms with van der Waals surface area (Å²) in [6.45, 7) is 0.564. The third-order valence-electron chi connectivity index (χ3n) is 5.76. The van der Waals surface area contributed by atoms with Gasteiger partial charge >= 0.3 is 0 Å². The normalized spacial score (nSPS) is 15.3. The molecule has 0 fully saturated rings. The Balaban J connectivity index is 0.00000274. The molecule has 33 heavy (non-hydrogen) atoms. The predicted molar refractivity (Wildman–Crippen MR) is 130 cm³/mol. The molecular weight excluding hydrogens is 465 g/mol. The molecule has 0 saturated carbocycles. The number of ether oxygens (including phenoxy) is 1. The van der Waals surface area contributed by atoms with Crippen molar-refractivity contribution >= 4 is 45.6 Å². The van der Waals surface area contributed by atoms with Crippen LogP contribution in [0, 0.1) is 15.9 Å². The van der Waals surface area contributed by atoms with Gasteiger partial charge < -0.3 is 14.6 Å². The topological polar surface area (TPSA) is 71.4 Å². The number of nitro groups is 1. The number of non-ortho nitro benzene ring substituents is 1. The van der Waals surface area contributed by atoms with Crippen molar-refractivity contribution in [2.75, 3.05) is 6.54 Å². The molecule has 1 aliphatic rings. The first-order valence-corrected chi connectivity index (χ1v) is 11.0. The van der Waals surface area contributed by atoms with Crippen molar-refractivity contribution in [1.82, 2.24) is 9.88 Å². The molecule has 1 N–H and O–H groups in total. The molecular formula is C24H19ClFN3O3S. The zero-order chi connectivity index (χ0) is 23.1. The summed E-state index contributed by atoms with van der Waals surface area (Å²) < 4.78 is 19.2. The van der Waals surface area contributed by atoms with E-state index in [4.69, 9.17) is 28.6 Å². The van der Waals surface area contributed by atoms with E-state index in [2.05, 4.69) is 4.98 Å². The summed E-state index contributed by atoms with van der Waals surface area (Å²) in [4.78, 5) is 16.1. The van der Waals surface area contributed by atoms with Gasteiger partial charge in [-0.05, 0) is 84.4 Å². The average Bonchev–Trinajstić information content (AvgIpc) is 3.17. The minimum absolute atomic E-state index is 0. The van der Waals surface area contributed by atoms with Crippen molar-refractivity contribution in [2.24, 2.45) is 0 Å². The lowest BCUT2D eigenvalue weighted by atomic mass is 9.92. The molecule has 9 heteroatoms. The Labute approximate surface area is 200 Å². The first-order chi connectivity index (χ1) is 15.9. The van der Waals surface area contributed by atoms with Crippen molar-refractivity contribution in [1.29, 1.82) is 0 Å². The molecule has 0 bridgehead atoms. The quantitative estimate of drug-likeness (QED) is 0.206. The Morgan fingerprint density at radius 1 is 1.18 bits per heavy atom. The second-order valence-electron chi connectivity index (χ2n) is 7.72. The highest BCUT2D eigenvalue weighted by atomic mass is 35.5. The van der Waals surface area contributed by atoms with E-state index < -0.39 is 4.92 Å². The third kappa shape index (κ3) is 4.03. The predicted octanol–water partition coefficient (Wildman–Crippen LogP) is 6.43. The molecule has 0 saturated heterocycles. The van der Waals surface area contributed by atoms with Gasteiger partial charge in [0.2, 0.25) is 0 Å². The van der Waals surface area contributed by atoms with Crippen molar-refractivity contribution in [3.8, 4) is 5.75 Å². The van der Waals surface area contributed by atoms with Gasteiger partial charge in [0.05, 0.1) is 11.0 Å². The number of nitrogens with one attached hydrogen (secondary N) is 1. The van der Waals surface area contributed by atoms with E-state index in [1.165, 1.54) is 36.4 Å². The second-order valence-corrected chi connectivity index (χ2v) is 8.51. The van der Waals surface area contributed by atoms with Gasteiger partial charge in [-0.3, -0.25) is 10.1 Å². The lowest BCUT2D eigenvalue weighted by Crippen LogP contribution is -2.42. The number of aromatic nitrogens is 1. The molecule has 0 amide bonds. The van der Waals surface area contributed by atoms with E-state index in [0.29, 0.717) is 23.7 Å². The number of H-pyrrole nitrogens is 1. The fourth-order valence-electron chi connectivity index (χ4n) is 4.24. The molecule has 0 radical (unpaired) electrons. The highest BCUT2D eigenvalue weighted by molar-refractivity contribution is 7.80. The molecule has 168 valence electrons. The highest BCUT2D eigenvalue weighted by Gasteiger charge is 2.34. The van der Waals surface area contributed by atoms with Crippen LogP contribution in [0.25, 0.3) is 10.9 Å². The van der Waals surface area contributed by atoms with E-state index in [9.17, 15) is 14.5 Å². The van der Waals surface area contributed by atoms with Gasteiger partial charge in [0.15, 0.2) is 0 Å². The summed E-state index contributed by atoms with van der Waals surface area (Å²) in [6, 6.07) is 17.4. The maximum Gasteiger partial charge on any atom is 0.269 e. The number of benzene rings is 3. The van der Waals surface area contributed by atoms with Gasteiger partial charge in [-0.25, -0.2) is 4.39 Å². The van der Waals surface area contributed by atoms with Crippen LogP contribution in [0.3, 0.4) is 0 Å². The number of fused-ring (bicyclic) bond motifs is 3. The monoisotopic (exact) mass is 483 g/mol. The Kier molecular flexibility index (Phi) is 5.47. The van der Waals surface area contributed by atoms with Gasteiger partial charge in [0.1, 0.15) is 11.6 Å². The van der Waals surface area contributed by atoms with Crippen molar-refractivity contribution < 1.29 is 15.5 Å². The maximum absolute atomic E-state index is 13.3. The van der Waals surface area contributed by atoms with Crippen molar-refractivity contribution in [3.63, 3.8) is 0 Å². The average molecular weight is 484 g/mol. The molecule has 6 nitrogen and oxygen atoms in total.